The Morgan fingerprint density at radius 2 is 2.12 bits per heavy atom. The lowest BCUT2D eigenvalue weighted by molar-refractivity contribution is -0.256. The van der Waals surface area contributed by atoms with E-state index in [1.807, 2.05) is 12.1 Å². The third-order valence-electron chi connectivity index (χ3n) is 3.19. The van der Waals surface area contributed by atoms with Crippen LogP contribution in [0.15, 0.2) is 35.9 Å². The maximum atomic E-state index is 5.27. The molecule has 0 saturated heterocycles. The molecule has 0 heterocycles. The summed E-state index contributed by atoms with van der Waals surface area (Å²) in [5.41, 5.74) is 7.60. The number of quaternary nitrogens is 1. The molecule has 0 fully saturated rings. The van der Waals surface area contributed by atoms with Crippen molar-refractivity contribution in [2.24, 2.45) is 0 Å². The van der Waals surface area contributed by atoms with Gasteiger partial charge in [-0.1, -0.05) is 23.8 Å². The standard InChI is InChI=1S/C15H19NO/c1-17-14-9-5-8-13(15(14)16)11-10-12-6-3-2-4-7-12/h5-6,8-11H,2-4,7,16H2,1H3/p+1/b11-10+. The van der Waals surface area contributed by atoms with Crippen molar-refractivity contribution in [1.29, 1.82) is 0 Å². The number of allylic oxidation sites excluding steroid dienone is 3. The van der Waals surface area contributed by atoms with E-state index in [4.69, 9.17) is 4.74 Å². The smallest absolute Gasteiger partial charge is 0.180 e. The highest BCUT2D eigenvalue weighted by atomic mass is 16.5. The SMILES string of the molecule is COc1cccc(/C=C/C2=CCCCC2)c1[NH3+]. The van der Waals surface area contributed by atoms with E-state index in [0.29, 0.717) is 0 Å². The van der Waals surface area contributed by atoms with E-state index < -0.39 is 0 Å². The summed E-state index contributed by atoms with van der Waals surface area (Å²) in [4.78, 5) is 0. The Labute approximate surface area is 103 Å². The van der Waals surface area contributed by atoms with E-state index in [9.17, 15) is 0 Å². The van der Waals surface area contributed by atoms with Crippen LogP contribution in [0.3, 0.4) is 0 Å². The number of rotatable bonds is 3. The van der Waals surface area contributed by atoms with Crippen LogP contribution >= 0.6 is 0 Å². The number of methoxy groups -OCH3 is 1. The molecule has 0 aromatic heterocycles. The summed E-state index contributed by atoms with van der Waals surface area (Å²) in [7, 11) is 1.68. The third-order valence-corrected chi connectivity index (χ3v) is 3.19. The molecule has 0 atom stereocenters. The zero-order valence-electron chi connectivity index (χ0n) is 10.4. The molecule has 1 aromatic carbocycles. The zero-order chi connectivity index (χ0) is 12.1. The van der Waals surface area contributed by atoms with Crippen molar-refractivity contribution in [3.63, 3.8) is 0 Å². The van der Waals surface area contributed by atoms with Gasteiger partial charge in [0.05, 0.1) is 7.11 Å². The fraction of sp³-hybridized carbons (Fsp3) is 0.333. The molecule has 2 nitrogen and oxygen atoms in total. The van der Waals surface area contributed by atoms with Crippen LogP contribution in [0.2, 0.25) is 0 Å². The Morgan fingerprint density at radius 1 is 1.24 bits per heavy atom. The normalized spacial score (nSPS) is 16.0. The summed E-state index contributed by atoms with van der Waals surface area (Å²) in [6.45, 7) is 0. The van der Waals surface area contributed by atoms with Gasteiger partial charge in [0.15, 0.2) is 11.4 Å². The monoisotopic (exact) mass is 230 g/mol. The molecule has 17 heavy (non-hydrogen) atoms. The first-order valence-corrected chi connectivity index (χ1v) is 6.17. The average molecular weight is 230 g/mol. The van der Waals surface area contributed by atoms with E-state index >= 15 is 0 Å². The van der Waals surface area contributed by atoms with Crippen molar-refractivity contribution in [3.05, 3.63) is 41.5 Å². The second kappa shape index (κ2) is 5.69. The van der Waals surface area contributed by atoms with Crippen molar-refractivity contribution in [2.75, 3.05) is 7.11 Å². The minimum atomic E-state index is 0.852. The largest absolute Gasteiger partial charge is 0.491 e. The second-order valence-electron chi connectivity index (χ2n) is 4.39. The number of hydrogen-bond donors (Lipinski definition) is 1. The molecular weight excluding hydrogens is 210 g/mol. The molecule has 0 amide bonds. The molecule has 1 aliphatic carbocycles. The summed E-state index contributed by atoms with van der Waals surface area (Å²) in [6, 6.07) is 6.02. The van der Waals surface area contributed by atoms with Crippen molar-refractivity contribution in [1.82, 2.24) is 0 Å². The lowest BCUT2D eigenvalue weighted by atomic mass is 9.98. The Hall–Kier alpha value is -1.54. The first-order valence-electron chi connectivity index (χ1n) is 6.17. The van der Waals surface area contributed by atoms with Gasteiger partial charge in [0.25, 0.3) is 0 Å². The summed E-state index contributed by atoms with van der Waals surface area (Å²) in [5.74, 6) is 0.852. The van der Waals surface area contributed by atoms with Gasteiger partial charge < -0.3 is 10.5 Å². The molecule has 1 aliphatic rings. The summed E-state index contributed by atoms with van der Waals surface area (Å²) >= 11 is 0. The lowest BCUT2D eigenvalue weighted by Gasteiger charge is -2.08. The topological polar surface area (TPSA) is 36.9 Å². The Balaban J connectivity index is 2.18. The number of hydrogen-bond acceptors (Lipinski definition) is 1. The van der Waals surface area contributed by atoms with Crippen LogP contribution in [-0.2, 0) is 0 Å². The predicted octanol–water partition coefficient (Wildman–Crippen LogP) is 3.08. The molecule has 2 rings (SSSR count). The summed E-state index contributed by atoms with van der Waals surface area (Å²) < 4.78 is 5.27. The van der Waals surface area contributed by atoms with Crippen molar-refractivity contribution < 1.29 is 10.5 Å². The Kier molecular flexibility index (Phi) is 3.99. The van der Waals surface area contributed by atoms with Gasteiger partial charge in [-0.05, 0) is 43.9 Å². The predicted molar refractivity (Wildman–Crippen MR) is 71.1 cm³/mol. The zero-order valence-corrected chi connectivity index (χ0v) is 10.4. The van der Waals surface area contributed by atoms with Crippen LogP contribution in [0.5, 0.6) is 5.75 Å². The summed E-state index contributed by atoms with van der Waals surface area (Å²) in [6.07, 6.45) is 11.7. The molecule has 0 aliphatic heterocycles. The highest BCUT2D eigenvalue weighted by Crippen LogP contribution is 2.25. The maximum Gasteiger partial charge on any atom is 0.180 e. The van der Waals surface area contributed by atoms with Crippen LogP contribution in [0.25, 0.3) is 6.08 Å². The van der Waals surface area contributed by atoms with E-state index in [1.165, 1.54) is 31.3 Å². The fourth-order valence-corrected chi connectivity index (χ4v) is 2.14. The second-order valence-corrected chi connectivity index (χ2v) is 4.39. The highest BCUT2D eigenvalue weighted by molar-refractivity contribution is 5.66. The van der Waals surface area contributed by atoms with Crippen LogP contribution in [-0.4, -0.2) is 7.11 Å². The Morgan fingerprint density at radius 3 is 2.82 bits per heavy atom. The van der Waals surface area contributed by atoms with E-state index in [0.717, 1.165) is 17.0 Å². The molecule has 3 N–H and O–H groups in total. The Bertz CT molecular complexity index is 446. The highest BCUT2D eigenvalue weighted by Gasteiger charge is 2.06. The first-order chi connectivity index (χ1) is 8.31. The molecule has 0 unspecified atom stereocenters. The molecule has 2 heteroatoms. The van der Waals surface area contributed by atoms with Gasteiger partial charge in [-0.15, -0.1) is 0 Å². The molecular formula is C15H20NO+. The van der Waals surface area contributed by atoms with Gasteiger partial charge >= 0.3 is 0 Å². The van der Waals surface area contributed by atoms with Gasteiger partial charge in [0.2, 0.25) is 0 Å². The number of ether oxygens (including phenoxy) is 1. The molecule has 0 saturated carbocycles. The van der Waals surface area contributed by atoms with Gasteiger partial charge in [0, 0.05) is 5.56 Å². The van der Waals surface area contributed by atoms with E-state index in [-0.39, 0.29) is 0 Å². The summed E-state index contributed by atoms with van der Waals surface area (Å²) in [5, 5.41) is 0. The lowest BCUT2D eigenvalue weighted by Crippen LogP contribution is -2.41. The maximum absolute atomic E-state index is 5.27. The number of benzene rings is 1. The van der Waals surface area contributed by atoms with Crippen LogP contribution in [0.1, 0.15) is 31.2 Å². The fourth-order valence-electron chi connectivity index (χ4n) is 2.14. The van der Waals surface area contributed by atoms with Gasteiger partial charge in [-0.2, -0.15) is 0 Å². The van der Waals surface area contributed by atoms with Crippen LogP contribution in [0.4, 0.5) is 5.69 Å². The van der Waals surface area contributed by atoms with E-state index in [2.05, 4.69) is 30.0 Å². The van der Waals surface area contributed by atoms with Gasteiger partial charge in [-0.25, -0.2) is 0 Å². The van der Waals surface area contributed by atoms with Gasteiger partial charge in [0.1, 0.15) is 0 Å². The quantitative estimate of drug-likeness (QED) is 0.851. The molecule has 0 bridgehead atoms. The average Bonchev–Trinajstić information content (AvgIpc) is 2.39. The molecule has 0 spiro atoms. The van der Waals surface area contributed by atoms with E-state index in [1.54, 1.807) is 7.11 Å². The molecule has 1 aromatic rings. The molecule has 90 valence electrons. The van der Waals surface area contributed by atoms with Crippen molar-refractivity contribution in [3.8, 4) is 5.75 Å². The van der Waals surface area contributed by atoms with Gasteiger partial charge in [-0.3, -0.25) is 0 Å². The van der Waals surface area contributed by atoms with Crippen molar-refractivity contribution >= 4 is 11.8 Å². The minimum Gasteiger partial charge on any atom is -0.491 e. The van der Waals surface area contributed by atoms with Crippen LogP contribution in [0, 0.1) is 0 Å². The minimum absolute atomic E-state index is 0.852. The third kappa shape index (κ3) is 2.98. The first kappa shape index (κ1) is 11.9. The van der Waals surface area contributed by atoms with Crippen LogP contribution < -0.4 is 10.5 Å². The van der Waals surface area contributed by atoms with Crippen molar-refractivity contribution in [2.45, 2.75) is 25.7 Å². The molecule has 0 radical (unpaired) electrons.